The molecule has 106 valence electrons. The van der Waals surface area contributed by atoms with Crippen LogP contribution in [0.25, 0.3) is 10.1 Å². The molecule has 0 radical (unpaired) electrons. The van der Waals surface area contributed by atoms with Crippen molar-refractivity contribution in [3.05, 3.63) is 34.2 Å². The van der Waals surface area contributed by atoms with Crippen molar-refractivity contribution in [3.8, 4) is 0 Å². The van der Waals surface area contributed by atoms with Crippen molar-refractivity contribution < 1.29 is 4.79 Å². The highest BCUT2D eigenvalue weighted by Gasteiger charge is 2.27. The lowest BCUT2D eigenvalue weighted by Crippen LogP contribution is -2.29. The zero-order valence-corrected chi connectivity index (χ0v) is 12.6. The Balaban J connectivity index is 1.68. The SMILES string of the molecule is N[C@H]1CC[C@@H](C(=O)NCc2csc3ccc(Cl)cc23)C1. The number of amides is 1. The van der Waals surface area contributed by atoms with Crippen LogP contribution >= 0.6 is 22.9 Å². The summed E-state index contributed by atoms with van der Waals surface area (Å²) in [6.07, 6.45) is 2.67. The second-order valence-corrected chi connectivity index (χ2v) is 6.74. The van der Waals surface area contributed by atoms with Crippen LogP contribution in [0.2, 0.25) is 5.02 Å². The Labute approximate surface area is 127 Å². The minimum absolute atomic E-state index is 0.0819. The van der Waals surface area contributed by atoms with Gasteiger partial charge in [0.2, 0.25) is 5.91 Å². The van der Waals surface area contributed by atoms with Crippen LogP contribution in [0, 0.1) is 5.92 Å². The number of thiophene rings is 1. The van der Waals surface area contributed by atoms with Gasteiger partial charge in [-0.3, -0.25) is 4.79 Å². The highest BCUT2D eigenvalue weighted by molar-refractivity contribution is 7.17. The van der Waals surface area contributed by atoms with Gasteiger partial charge < -0.3 is 11.1 Å². The van der Waals surface area contributed by atoms with Gasteiger partial charge in [-0.25, -0.2) is 0 Å². The molecule has 1 saturated carbocycles. The number of carbonyl (C=O) groups excluding carboxylic acids is 1. The molecule has 0 saturated heterocycles. The summed E-state index contributed by atoms with van der Waals surface area (Å²) in [5, 5.41) is 6.97. The average Bonchev–Trinajstić information content (AvgIpc) is 3.02. The molecule has 1 aliphatic carbocycles. The molecule has 1 heterocycles. The van der Waals surface area contributed by atoms with Crippen molar-refractivity contribution in [1.29, 1.82) is 0 Å². The van der Waals surface area contributed by atoms with Gasteiger partial charge >= 0.3 is 0 Å². The molecule has 1 amide bonds. The van der Waals surface area contributed by atoms with Crippen LogP contribution in [0.5, 0.6) is 0 Å². The van der Waals surface area contributed by atoms with Gasteiger partial charge in [-0.15, -0.1) is 11.3 Å². The van der Waals surface area contributed by atoms with Crippen LogP contribution in [0.1, 0.15) is 24.8 Å². The van der Waals surface area contributed by atoms with E-state index in [4.69, 9.17) is 17.3 Å². The molecule has 1 aromatic heterocycles. The molecule has 3 rings (SSSR count). The average molecular weight is 309 g/mol. The molecule has 3 N–H and O–H groups in total. The first kappa shape index (κ1) is 13.9. The number of rotatable bonds is 3. The minimum Gasteiger partial charge on any atom is -0.352 e. The van der Waals surface area contributed by atoms with Crippen LogP contribution < -0.4 is 11.1 Å². The maximum absolute atomic E-state index is 12.1. The number of fused-ring (bicyclic) bond motifs is 1. The second kappa shape index (κ2) is 5.72. The summed E-state index contributed by atoms with van der Waals surface area (Å²) in [5.41, 5.74) is 6.98. The Kier molecular flexibility index (Phi) is 3.96. The highest BCUT2D eigenvalue weighted by atomic mass is 35.5. The van der Waals surface area contributed by atoms with Crippen molar-refractivity contribution in [2.75, 3.05) is 0 Å². The third-order valence-corrected chi connectivity index (χ3v) is 5.16. The standard InChI is InChI=1S/C15H17ClN2OS/c16-11-2-4-14-13(6-11)10(8-20-14)7-18-15(19)9-1-3-12(17)5-9/h2,4,6,8-9,12H,1,3,5,7,17H2,(H,18,19)/t9-,12+/m1/s1. The monoisotopic (exact) mass is 308 g/mol. The first-order chi connectivity index (χ1) is 9.63. The number of carbonyl (C=O) groups is 1. The maximum Gasteiger partial charge on any atom is 0.223 e. The normalized spacial score (nSPS) is 22.3. The summed E-state index contributed by atoms with van der Waals surface area (Å²) in [5.74, 6) is 0.206. The lowest BCUT2D eigenvalue weighted by atomic mass is 10.1. The molecule has 0 unspecified atom stereocenters. The lowest BCUT2D eigenvalue weighted by Gasteiger charge is -2.10. The van der Waals surface area contributed by atoms with E-state index in [0.717, 1.165) is 35.2 Å². The van der Waals surface area contributed by atoms with Gasteiger partial charge in [0.15, 0.2) is 0 Å². The van der Waals surface area contributed by atoms with Crippen molar-refractivity contribution in [2.45, 2.75) is 31.8 Å². The smallest absolute Gasteiger partial charge is 0.223 e. The Morgan fingerprint density at radius 1 is 1.45 bits per heavy atom. The third-order valence-electron chi connectivity index (χ3n) is 3.91. The molecule has 2 atom stereocenters. The third kappa shape index (κ3) is 2.82. The lowest BCUT2D eigenvalue weighted by molar-refractivity contribution is -0.125. The fourth-order valence-corrected chi connectivity index (χ4v) is 3.89. The summed E-state index contributed by atoms with van der Waals surface area (Å²) < 4.78 is 1.20. The zero-order chi connectivity index (χ0) is 14.1. The summed E-state index contributed by atoms with van der Waals surface area (Å²) in [4.78, 5) is 12.1. The van der Waals surface area contributed by atoms with E-state index in [1.807, 2.05) is 18.2 Å². The van der Waals surface area contributed by atoms with Crippen LogP contribution in [0.3, 0.4) is 0 Å². The van der Waals surface area contributed by atoms with Crippen LogP contribution in [0.4, 0.5) is 0 Å². The van der Waals surface area contributed by atoms with Gasteiger partial charge in [-0.1, -0.05) is 11.6 Å². The Hall–Kier alpha value is -1.10. The quantitative estimate of drug-likeness (QED) is 0.914. The van der Waals surface area contributed by atoms with Crippen LogP contribution in [-0.4, -0.2) is 11.9 Å². The Bertz CT molecular complexity index is 640. The number of nitrogens with one attached hydrogen (secondary N) is 1. The van der Waals surface area contributed by atoms with Crippen LogP contribution in [0.15, 0.2) is 23.6 Å². The van der Waals surface area contributed by atoms with Gasteiger partial charge in [-0.05, 0) is 53.8 Å². The zero-order valence-electron chi connectivity index (χ0n) is 11.1. The predicted molar refractivity (Wildman–Crippen MR) is 84.0 cm³/mol. The van der Waals surface area contributed by atoms with E-state index in [9.17, 15) is 4.79 Å². The summed E-state index contributed by atoms with van der Waals surface area (Å²) in [6.45, 7) is 0.560. The predicted octanol–water partition coefficient (Wildman–Crippen LogP) is 3.30. The van der Waals surface area contributed by atoms with E-state index in [0.29, 0.717) is 6.54 Å². The molecule has 1 aromatic carbocycles. The van der Waals surface area contributed by atoms with Gasteiger partial charge in [0, 0.05) is 28.2 Å². The van der Waals surface area contributed by atoms with Crippen molar-refractivity contribution in [3.63, 3.8) is 0 Å². The molecule has 1 aliphatic rings. The summed E-state index contributed by atoms with van der Waals surface area (Å²) >= 11 is 7.71. The molecule has 20 heavy (non-hydrogen) atoms. The number of halogens is 1. The number of benzene rings is 1. The fraction of sp³-hybridized carbons (Fsp3) is 0.400. The van der Waals surface area contributed by atoms with Gasteiger partial charge in [-0.2, -0.15) is 0 Å². The molecule has 2 aromatic rings. The Morgan fingerprint density at radius 3 is 3.05 bits per heavy atom. The van der Waals surface area contributed by atoms with Gasteiger partial charge in [0.25, 0.3) is 0 Å². The first-order valence-corrected chi connectivity index (χ1v) is 8.08. The molecular weight excluding hydrogens is 292 g/mol. The number of hydrogen-bond acceptors (Lipinski definition) is 3. The van der Waals surface area contributed by atoms with E-state index in [2.05, 4.69) is 10.7 Å². The second-order valence-electron chi connectivity index (χ2n) is 5.39. The van der Waals surface area contributed by atoms with E-state index in [1.165, 1.54) is 4.70 Å². The van der Waals surface area contributed by atoms with Gasteiger partial charge in [0.05, 0.1) is 0 Å². The molecule has 1 fully saturated rings. The summed E-state index contributed by atoms with van der Waals surface area (Å²) in [6, 6.07) is 6.05. The van der Waals surface area contributed by atoms with E-state index in [-0.39, 0.29) is 17.9 Å². The van der Waals surface area contributed by atoms with E-state index >= 15 is 0 Å². The Morgan fingerprint density at radius 2 is 2.30 bits per heavy atom. The van der Waals surface area contributed by atoms with E-state index < -0.39 is 0 Å². The van der Waals surface area contributed by atoms with Crippen molar-refractivity contribution >= 4 is 38.9 Å². The number of hydrogen-bond donors (Lipinski definition) is 2. The first-order valence-electron chi connectivity index (χ1n) is 6.82. The molecular formula is C15H17ClN2OS. The van der Waals surface area contributed by atoms with Gasteiger partial charge in [0.1, 0.15) is 0 Å². The molecule has 0 bridgehead atoms. The van der Waals surface area contributed by atoms with Crippen molar-refractivity contribution in [1.82, 2.24) is 5.32 Å². The minimum atomic E-state index is 0.0819. The molecule has 3 nitrogen and oxygen atoms in total. The summed E-state index contributed by atoms with van der Waals surface area (Å²) in [7, 11) is 0. The number of nitrogens with two attached hydrogens (primary N) is 1. The van der Waals surface area contributed by atoms with Crippen molar-refractivity contribution in [2.24, 2.45) is 11.7 Å². The van der Waals surface area contributed by atoms with Crippen LogP contribution in [-0.2, 0) is 11.3 Å². The van der Waals surface area contributed by atoms with E-state index in [1.54, 1.807) is 11.3 Å². The fourth-order valence-electron chi connectivity index (χ4n) is 2.77. The highest BCUT2D eigenvalue weighted by Crippen LogP contribution is 2.29. The molecule has 0 aliphatic heterocycles. The topological polar surface area (TPSA) is 55.1 Å². The largest absolute Gasteiger partial charge is 0.352 e. The maximum atomic E-state index is 12.1. The molecule has 0 spiro atoms. The molecule has 5 heteroatoms.